The van der Waals surface area contributed by atoms with Gasteiger partial charge in [-0.3, -0.25) is 14.9 Å². The van der Waals surface area contributed by atoms with Gasteiger partial charge in [-0.05, 0) is 23.1 Å². The number of nitro groups is 1. The van der Waals surface area contributed by atoms with Gasteiger partial charge in [0.15, 0.2) is 6.61 Å². The van der Waals surface area contributed by atoms with Crippen LogP contribution in [0.4, 0.5) is 5.69 Å². The average molecular weight is 371 g/mol. The van der Waals surface area contributed by atoms with Crippen LogP contribution in [0.15, 0.2) is 47.6 Å². The van der Waals surface area contributed by atoms with E-state index in [0.717, 1.165) is 11.8 Å². The van der Waals surface area contributed by atoms with E-state index < -0.39 is 22.3 Å². The second kappa shape index (κ2) is 8.31. The number of aromatic hydroxyl groups is 1. The van der Waals surface area contributed by atoms with Gasteiger partial charge in [0.25, 0.3) is 5.91 Å². The first-order valence-electron chi connectivity index (χ1n) is 8.20. The molecular weight excluding hydrogens is 350 g/mol. The lowest BCUT2D eigenvalue weighted by atomic mass is 9.86. The van der Waals surface area contributed by atoms with Gasteiger partial charge >= 0.3 is 5.69 Å². The fraction of sp³-hybridized carbons (Fsp3) is 0.263. The van der Waals surface area contributed by atoms with Crippen LogP contribution in [0.5, 0.6) is 11.5 Å². The van der Waals surface area contributed by atoms with Gasteiger partial charge in [0.05, 0.1) is 11.1 Å². The van der Waals surface area contributed by atoms with E-state index in [-0.39, 0.29) is 17.6 Å². The number of ether oxygens (including phenoxy) is 1. The normalized spacial score (nSPS) is 11.4. The number of carbonyl (C=O) groups is 1. The molecule has 2 rings (SSSR count). The summed E-state index contributed by atoms with van der Waals surface area (Å²) >= 11 is 0. The van der Waals surface area contributed by atoms with Crippen molar-refractivity contribution in [2.75, 3.05) is 6.61 Å². The minimum Gasteiger partial charge on any atom is -0.502 e. The third-order valence-corrected chi connectivity index (χ3v) is 3.69. The topological polar surface area (TPSA) is 114 Å². The van der Waals surface area contributed by atoms with Crippen molar-refractivity contribution in [1.82, 2.24) is 5.43 Å². The summed E-state index contributed by atoms with van der Waals surface area (Å²) in [5.41, 5.74) is 2.78. The number of para-hydroxylation sites is 2. The van der Waals surface area contributed by atoms with E-state index in [0.29, 0.717) is 5.75 Å². The molecule has 1 amide bonds. The van der Waals surface area contributed by atoms with Crippen molar-refractivity contribution in [1.29, 1.82) is 0 Å². The van der Waals surface area contributed by atoms with Crippen molar-refractivity contribution >= 4 is 17.8 Å². The van der Waals surface area contributed by atoms with E-state index in [1.165, 1.54) is 18.2 Å². The van der Waals surface area contributed by atoms with E-state index in [9.17, 15) is 20.0 Å². The number of phenols is 1. The fourth-order valence-electron chi connectivity index (χ4n) is 2.36. The highest BCUT2D eigenvalue weighted by molar-refractivity contribution is 5.87. The van der Waals surface area contributed by atoms with Crippen LogP contribution in [0.2, 0.25) is 0 Å². The van der Waals surface area contributed by atoms with E-state index in [4.69, 9.17) is 4.74 Å². The van der Waals surface area contributed by atoms with Crippen LogP contribution < -0.4 is 10.2 Å². The lowest BCUT2D eigenvalue weighted by Gasteiger charge is -2.22. The number of rotatable bonds is 6. The van der Waals surface area contributed by atoms with Crippen LogP contribution in [0, 0.1) is 10.1 Å². The molecule has 0 aromatic heterocycles. The van der Waals surface area contributed by atoms with E-state index in [2.05, 4.69) is 10.5 Å². The molecule has 0 unspecified atom stereocenters. The lowest BCUT2D eigenvalue weighted by Crippen LogP contribution is -2.25. The first-order valence-corrected chi connectivity index (χ1v) is 8.20. The Morgan fingerprint density at radius 1 is 1.26 bits per heavy atom. The third kappa shape index (κ3) is 5.27. The zero-order valence-electron chi connectivity index (χ0n) is 15.3. The van der Waals surface area contributed by atoms with Crippen LogP contribution in [0.25, 0.3) is 0 Å². The second-order valence-corrected chi connectivity index (χ2v) is 6.80. The molecule has 0 aliphatic rings. The number of hydrogen-bond acceptors (Lipinski definition) is 6. The maximum Gasteiger partial charge on any atom is 0.311 e. The highest BCUT2D eigenvalue weighted by Gasteiger charge is 2.19. The fourth-order valence-corrected chi connectivity index (χ4v) is 2.36. The highest BCUT2D eigenvalue weighted by Crippen LogP contribution is 2.31. The molecule has 0 saturated heterocycles. The van der Waals surface area contributed by atoms with Gasteiger partial charge in [-0.25, -0.2) is 5.43 Å². The first kappa shape index (κ1) is 19.9. The SMILES string of the molecule is CC(C)(C)c1ccccc1OCC(=O)N/N=C\c1cccc([N+](=O)[O-])c1O. The number of benzene rings is 2. The van der Waals surface area contributed by atoms with E-state index in [1.807, 2.05) is 39.0 Å². The number of carbonyl (C=O) groups excluding carboxylic acids is 1. The maximum absolute atomic E-state index is 11.9. The van der Waals surface area contributed by atoms with Crippen LogP contribution in [0.1, 0.15) is 31.9 Å². The zero-order chi connectivity index (χ0) is 20.0. The van der Waals surface area contributed by atoms with Gasteiger partial charge in [-0.2, -0.15) is 5.10 Å². The zero-order valence-corrected chi connectivity index (χ0v) is 15.3. The number of nitro benzene ring substituents is 1. The molecule has 2 aromatic rings. The summed E-state index contributed by atoms with van der Waals surface area (Å²) in [6, 6.07) is 11.5. The van der Waals surface area contributed by atoms with Gasteiger partial charge < -0.3 is 9.84 Å². The monoisotopic (exact) mass is 371 g/mol. The van der Waals surface area contributed by atoms with Crippen LogP contribution in [0.3, 0.4) is 0 Å². The highest BCUT2D eigenvalue weighted by atomic mass is 16.6. The van der Waals surface area contributed by atoms with E-state index >= 15 is 0 Å². The number of nitrogens with zero attached hydrogens (tertiary/aromatic N) is 2. The smallest absolute Gasteiger partial charge is 0.311 e. The molecule has 0 atom stereocenters. The molecule has 0 aliphatic heterocycles. The van der Waals surface area contributed by atoms with Crippen LogP contribution >= 0.6 is 0 Å². The van der Waals surface area contributed by atoms with Crippen molar-refractivity contribution in [2.45, 2.75) is 26.2 Å². The summed E-state index contributed by atoms with van der Waals surface area (Å²) in [6.45, 7) is 5.90. The predicted molar refractivity (Wildman–Crippen MR) is 101 cm³/mol. The molecule has 0 bridgehead atoms. The molecule has 2 aromatic carbocycles. The molecule has 0 heterocycles. The minimum absolute atomic E-state index is 0.114. The first-order chi connectivity index (χ1) is 12.7. The van der Waals surface area contributed by atoms with Gasteiger partial charge in [0.1, 0.15) is 5.75 Å². The molecule has 0 saturated carbocycles. The molecule has 0 radical (unpaired) electrons. The van der Waals surface area contributed by atoms with Gasteiger partial charge in [-0.15, -0.1) is 0 Å². The molecule has 0 aliphatic carbocycles. The van der Waals surface area contributed by atoms with Gasteiger partial charge in [0.2, 0.25) is 5.75 Å². The van der Waals surface area contributed by atoms with Crippen molar-refractivity contribution in [3.63, 3.8) is 0 Å². The Balaban J connectivity index is 1.97. The molecule has 0 fully saturated rings. The van der Waals surface area contributed by atoms with Gasteiger partial charge in [-0.1, -0.05) is 45.0 Å². The number of hydrazone groups is 1. The Hall–Kier alpha value is -3.42. The van der Waals surface area contributed by atoms with Crippen LogP contribution in [-0.2, 0) is 10.2 Å². The Bertz CT molecular complexity index is 872. The molecule has 0 spiro atoms. The molecule has 142 valence electrons. The van der Waals surface area contributed by atoms with Crippen LogP contribution in [-0.4, -0.2) is 28.8 Å². The maximum atomic E-state index is 11.9. The summed E-state index contributed by atoms with van der Waals surface area (Å²) in [4.78, 5) is 22.0. The van der Waals surface area contributed by atoms with Crippen molar-refractivity contribution in [2.24, 2.45) is 5.10 Å². The number of hydrogen-bond donors (Lipinski definition) is 2. The summed E-state index contributed by atoms with van der Waals surface area (Å²) in [7, 11) is 0. The van der Waals surface area contributed by atoms with Gasteiger partial charge in [0, 0.05) is 11.6 Å². The molecule has 2 N–H and O–H groups in total. The standard InChI is InChI=1S/C19H21N3O5/c1-19(2,3)14-8-4-5-10-16(14)27-12-17(23)21-20-11-13-7-6-9-15(18(13)24)22(25)26/h4-11,24H,12H2,1-3H3,(H,21,23)/b20-11-. The second-order valence-electron chi connectivity index (χ2n) is 6.80. The van der Waals surface area contributed by atoms with E-state index in [1.54, 1.807) is 6.07 Å². The van der Waals surface area contributed by atoms with Crippen molar-refractivity contribution in [3.05, 3.63) is 63.7 Å². The summed E-state index contributed by atoms with van der Waals surface area (Å²) < 4.78 is 5.58. The Labute approximate surface area is 156 Å². The van der Waals surface area contributed by atoms with Crippen molar-refractivity contribution < 1.29 is 19.6 Å². The number of nitrogens with one attached hydrogen (secondary N) is 1. The quantitative estimate of drug-likeness (QED) is 0.460. The molecular formula is C19H21N3O5. The van der Waals surface area contributed by atoms with Crippen molar-refractivity contribution in [3.8, 4) is 11.5 Å². The molecule has 8 nitrogen and oxygen atoms in total. The predicted octanol–water partition coefficient (Wildman–Crippen LogP) is 3.13. The number of amides is 1. The summed E-state index contributed by atoms with van der Waals surface area (Å²) in [5, 5.41) is 24.3. The Morgan fingerprint density at radius 3 is 2.63 bits per heavy atom. The average Bonchev–Trinajstić information content (AvgIpc) is 2.60. The molecule has 27 heavy (non-hydrogen) atoms. The summed E-state index contributed by atoms with van der Waals surface area (Å²) in [6.07, 6.45) is 1.13. The molecule has 8 heteroatoms. The minimum atomic E-state index is -0.703. The number of phenolic OH excluding ortho intramolecular Hbond substituents is 1. The summed E-state index contributed by atoms with van der Waals surface area (Å²) in [5.74, 6) is -0.406. The third-order valence-electron chi connectivity index (χ3n) is 3.69. The lowest BCUT2D eigenvalue weighted by molar-refractivity contribution is -0.385. The Morgan fingerprint density at radius 2 is 1.96 bits per heavy atom. The largest absolute Gasteiger partial charge is 0.502 e. The Kier molecular flexibility index (Phi) is 6.12.